The second-order valence-electron chi connectivity index (χ2n) is 3.04. The van der Waals surface area contributed by atoms with Gasteiger partial charge in [-0.15, -0.1) is 6.58 Å². The van der Waals surface area contributed by atoms with Crippen molar-refractivity contribution in [2.45, 2.75) is 19.4 Å². The van der Waals surface area contributed by atoms with Crippen molar-refractivity contribution < 1.29 is 0 Å². The Bertz CT molecular complexity index is 288. The van der Waals surface area contributed by atoms with Crippen LogP contribution in [0.15, 0.2) is 18.7 Å². The van der Waals surface area contributed by atoms with Gasteiger partial charge in [-0.2, -0.15) is 5.10 Å². The highest BCUT2D eigenvalue weighted by Crippen LogP contribution is 2.14. The van der Waals surface area contributed by atoms with E-state index in [4.69, 9.17) is 0 Å². The molecule has 0 aromatic carbocycles. The van der Waals surface area contributed by atoms with Crippen molar-refractivity contribution in [3.63, 3.8) is 0 Å². The Hall–Kier alpha value is -1.09. The molecule has 1 rings (SSSR count). The van der Waals surface area contributed by atoms with Crippen LogP contribution in [0.3, 0.4) is 0 Å². The average Bonchev–Trinajstić information content (AvgIpc) is 2.50. The molecule has 1 heterocycles. The van der Waals surface area contributed by atoms with Crippen LogP contribution in [0, 0.1) is 0 Å². The highest BCUT2D eigenvalue weighted by Gasteiger charge is 2.10. The second-order valence-corrected chi connectivity index (χ2v) is 3.04. The molecule has 0 aliphatic carbocycles. The SMILES string of the molecule is C=CC(NC)c1cc(CC)nn1C. The summed E-state index contributed by atoms with van der Waals surface area (Å²) in [7, 11) is 3.88. The molecule has 0 radical (unpaired) electrons. The molecule has 3 nitrogen and oxygen atoms in total. The minimum Gasteiger partial charge on any atom is -0.309 e. The van der Waals surface area contributed by atoms with Gasteiger partial charge in [0.25, 0.3) is 0 Å². The highest BCUT2D eigenvalue weighted by atomic mass is 15.3. The first-order valence-corrected chi connectivity index (χ1v) is 4.55. The fourth-order valence-electron chi connectivity index (χ4n) is 1.39. The van der Waals surface area contributed by atoms with E-state index in [-0.39, 0.29) is 6.04 Å². The summed E-state index contributed by atoms with van der Waals surface area (Å²) in [4.78, 5) is 0. The number of hydrogen-bond donors (Lipinski definition) is 1. The molecule has 1 aromatic rings. The fraction of sp³-hybridized carbons (Fsp3) is 0.500. The summed E-state index contributed by atoms with van der Waals surface area (Å²) in [5.41, 5.74) is 2.29. The summed E-state index contributed by atoms with van der Waals surface area (Å²) in [6, 6.07) is 2.31. The molecular weight excluding hydrogens is 162 g/mol. The quantitative estimate of drug-likeness (QED) is 0.709. The van der Waals surface area contributed by atoms with E-state index in [2.05, 4.69) is 30.0 Å². The van der Waals surface area contributed by atoms with Crippen LogP contribution in [0.1, 0.15) is 24.4 Å². The van der Waals surface area contributed by atoms with Crippen molar-refractivity contribution in [2.24, 2.45) is 7.05 Å². The van der Waals surface area contributed by atoms with E-state index in [1.165, 1.54) is 0 Å². The summed E-state index contributed by atoms with van der Waals surface area (Å²) in [5, 5.41) is 7.54. The van der Waals surface area contributed by atoms with Crippen molar-refractivity contribution in [2.75, 3.05) is 7.05 Å². The summed E-state index contributed by atoms with van der Waals surface area (Å²) in [5.74, 6) is 0. The van der Waals surface area contributed by atoms with Gasteiger partial charge < -0.3 is 5.32 Å². The standard InChI is InChI=1S/C10H17N3/c1-5-8-7-10(13(4)12-8)9(6-2)11-3/h6-7,9,11H,2,5H2,1,3-4H3. The van der Waals surface area contributed by atoms with E-state index in [1.54, 1.807) is 0 Å². The Morgan fingerprint density at radius 1 is 1.77 bits per heavy atom. The molecule has 0 amide bonds. The van der Waals surface area contributed by atoms with Crippen molar-refractivity contribution in [1.29, 1.82) is 0 Å². The molecule has 0 spiro atoms. The maximum absolute atomic E-state index is 4.37. The summed E-state index contributed by atoms with van der Waals surface area (Å²) < 4.78 is 1.90. The molecule has 1 unspecified atom stereocenters. The number of aromatic nitrogens is 2. The van der Waals surface area contributed by atoms with Crippen molar-refractivity contribution >= 4 is 0 Å². The molecule has 0 saturated carbocycles. The van der Waals surface area contributed by atoms with E-state index < -0.39 is 0 Å². The molecule has 13 heavy (non-hydrogen) atoms. The monoisotopic (exact) mass is 179 g/mol. The fourth-order valence-corrected chi connectivity index (χ4v) is 1.39. The third-order valence-electron chi connectivity index (χ3n) is 2.19. The lowest BCUT2D eigenvalue weighted by Gasteiger charge is -2.10. The number of hydrogen-bond acceptors (Lipinski definition) is 2. The van der Waals surface area contributed by atoms with Crippen molar-refractivity contribution in [3.8, 4) is 0 Å². The minimum atomic E-state index is 0.192. The van der Waals surface area contributed by atoms with Crippen LogP contribution in [-0.4, -0.2) is 16.8 Å². The third-order valence-corrected chi connectivity index (χ3v) is 2.19. The number of nitrogens with one attached hydrogen (secondary N) is 1. The van der Waals surface area contributed by atoms with Gasteiger partial charge in [-0.3, -0.25) is 4.68 Å². The number of likely N-dealkylation sites (N-methyl/N-ethyl adjacent to an activating group) is 1. The first-order chi connectivity index (χ1) is 6.22. The average molecular weight is 179 g/mol. The van der Waals surface area contributed by atoms with Crippen molar-refractivity contribution in [1.82, 2.24) is 15.1 Å². The Morgan fingerprint density at radius 3 is 2.85 bits per heavy atom. The second kappa shape index (κ2) is 4.23. The zero-order chi connectivity index (χ0) is 9.84. The molecule has 1 aromatic heterocycles. The van der Waals surface area contributed by atoms with Crippen LogP contribution >= 0.6 is 0 Å². The largest absolute Gasteiger partial charge is 0.309 e. The molecule has 1 N–H and O–H groups in total. The lowest BCUT2D eigenvalue weighted by atomic mass is 10.2. The zero-order valence-electron chi connectivity index (χ0n) is 8.54. The van der Waals surface area contributed by atoms with E-state index in [0.29, 0.717) is 0 Å². The number of nitrogens with zero attached hydrogens (tertiary/aromatic N) is 2. The third kappa shape index (κ3) is 1.98. The predicted octanol–water partition coefficient (Wildman–Crippen LogP) is 1.43. The van der Waals surface area contributed by atoms with Gasteiger partial charge in [0.2, 0.25) is 0 Å². The molecule has 0 fully saturated rings. The van der Waals surface area contributed by atoms with Gasteiger partial charge in [0, 0.05) is 7.05 Å². The highest BCUT2D eigenvalue weighted by molar-refractivity contribution is 5.17. The molecule has 0 aliphatic heterocycles. The molecule has 0 aliphatic rings. The summed E-state index contributed by atoms with van der Waals surface area (Å²) >= 11 is 0. The van der Waals surface area contributed by atoms with Crippen LogP contribution in [0.4, 0.5) is 0 Å². The maximum Gasteiger partial charge on any atom is 0.0672 e. The Morgan fingerprint density at radius 2 is 2.46 bits per heavy atom. The Kier molecular flexibility index (Phi) is 3.25. The van der Waals surface area contributed by atoms with Gasteiger partial charge >= 0.3 is 0 Å². The topological polar surface area (TPSA) is 29.9 Å². The van der Waals surface area contributed by atoms with E-state index in [1.807, 2.05) is 24.9 Å². The lowest BCUT2D eigenvalue weighted by Crippen LogP contribution is -2.16. The Labute approximate surface area is 79.5 Å². The van der Waals surface area contributed by atoms with Gasteiger partial charge in [0.05, 0.1) is 17.4 Å². The number of rotatable bonds is 4. The van der Waals surface area contributed by atoms with Gasteiger partial charge in [-0.1, -0.05) is 13.0 Å². The molecule has 72 valence electrons. The number of aryl methyl sites for hydroxylation is 2. The van der Waals surface area contributed by atoms with Crippen LogP contribution < -0.4 is 5.32 Å². The van der Waals surface area contributed by atoms with Crippen LogP contribution in [0.25, 0.3) is 0 Å². The van der Waals surface area contributed by atoms with E-state index in [9.17, 15) is 0 Å². The zero-order valence-corrected chi connectivity index (χ0v) is 8.54. The molecule has 0 saturated heterocycles. The molecule has 1 atom stereocenters. The maximum atomic E-state index is 4.37. The van der Waals surface area contributed by atoms with Gasteiger partial charge in [0.15, 0.2) is 0 Å². The van der Waals surface area contributed by atoms with E-state index >= 15 is 0 Å². The summed E-state index contributed by atoms with van der Waals surface area (Å²) in [6.45, 7) is 5.89. The normalized spacial score (nSPS) is 12.8. The Balaban J connectivity index is 2.98. The first kappa shape index (κ1) is 9.99. The smallest absolute Gasteiger partial charge is 0.0672 e. The van der Waals surface area contributed by atoms with Gasteiger partial charge in [-0.05, 0) is 19.5 Å². The molecular formula is C10H17N3. The molecule has 3 heteroatoms. The van der Waals surface area contributed by atoms with Crippen molar-refractivity contribution in [3.05, 3.63) is 30.1 Å². The van der Waals surface area contributed by atoms with Gasteiger partial charge in [0.1, 0.15) is 0 Å². The first-order valence-electron chi connectivity index (χ1n) is 4.55. The van der Waals surface area contributed by atoms with Crippen LogP contribution in [0.2, 0.25) is 0 Å². The molecule has 0 bridgehead atoms. The predicted molar refractivity (Wildman–Crippen MR) is 54.6 cm³/mol. The van der Waals surface area contributed by atoms with Gasteiger partial charge in [-0.25, -0.2) is 0 Å². The minimum absolute atomic E-state index is 0.192. The lowest BCUT2D eigenvalue weighted by molar-refractivity contribution is 0.617. The van der Waals surface area contributed by atoms with Crippen LogP contribution in [0.5, 0.6) is 0 Å². The van der Waals surface area contributed by atoms with Crippen LogP contribution in [-0.2, 0) is 13.5 Å². The summed E-state index contributed by atoms with van der Waals surface area (Å²) in [6.07, 6.45) is 2.86. The van der Waals surface area contributed by atoms with E-state index in [0.717, 1.165) is 17.8 Å².